The number of nitrogens with one attached hydrogen (secondary N) is 8. The molecule has 0 aliphatic carbocycles. The van der Waals surface area contributed by atoms with Crippen molar-refractivity contribution in [1.29, 1.82) is 0 Å². The monoisotopic (exact) mass is 1430 g/mol. The van der Waals surface area contributed by atoms with Crippen LogP contribution in [0.4, 0.5) is 0 Å². The summed E-state index contributed by atoms with van der Waals surface area (Å²) in [5, 5.41) is 90.2. The van der Waals surface area contributed by atoms with E-state index in [1.54, 1.807) is 80.4 Å². The van der Waals surface area contributed by atoms with Crippen molar-refractivity contribution in [3.63, 3.8) is 0 Å². The molecule has 32 nitrogen and oxygen atoms in total. The van der Waals surface area contributed by atoms with Crippen molar-refractivity contribution in [1.82, 2.24) is 61.8 Å². The molecule has 0 radical (unpaired) electrons. The smallest absolute Gasteiger partial charge is 0.328 e. The molecule has 4 aromatic rings. The van der Waals surface area contributed by atoms with Gasteiger partial charge in [0.05, 0.1) is 50.3 Å². The molecule has 546 valence electrons. The maximum absolute atomic E-state index is 15.3. The maximum atomic E-state index is 15.3. The second-order valence-corrected chi connectivity index (χ2v) is 27.3. The van der Waals surface area contributed by atoms with Crippen LogP contribution in [0.5, 0.6) is 5.75 Å². The van der Waals surface area contributed by atoms with E-state index >= 15 is 14.4 Å². The number of aliphatic hydroxyl groups is 2. The number of carboxylic acid groups (broad SMARTS) is 4. The van der Waals surface area contributed by atoms with Crippen LogP contribution < -0.4 is 43.0 Å². The molecule has 3 heterocycles. The number of hydrogen-bond donors (Lipinski definition) is 16. The van der Waals surface area contributed by atoms with Gasteiger partial charge in [-0.1, -0.05) is 82.3 Å². The molecule has 2 fully saturated rings. The summed E-state index contributed by atoms with van der Waals surface area (Å²) >= 11 is 0. The molecule has 2 saturated heterocycles. The number of phenolic OH excluding ortho intramolecular Hbond substituents is 1. The predicted octanol–water partition coefficient (Wildman–Crippen LogP) is -2.28. The summed E-state index contributed by atoms with van der Waals surface area (Å²) in [6, 6.07) is 10.1. The second kappa shape index (κ2) is 40.5. The fraction of sp³-hybridized carbons (Fsp3) is 0.515. The standard InChI is InChI=1S/C66H91N13O19S2/c1-39(80)46-31-54(83)48(14-8-9-19-67)70-63(94)51(30-43-32-68-47-13-7-6-12-45(43)47)72-62(93)50(29-42-15-17-44(82)18-16-42)71-64(95)52(37-99-100-38-53(73-60(46)91)65(96)75-59(40(2)81)66(97)98)74-61(92)49(28-41-10-4-3-5-11-41)69-55(84)33-76-20-22-77(34-56(85)86)24-26-79(36-58(89)90)27-25-78(23-21-76)35-57(87)88/h3-7,10-13,15-18,32,39-40,46,48-53,59,68,80-82H,8-9,14,19-31,33-38,67H2,1-2H3,(H,69,84)(H,70,94)(H,71,95)(H,72,93)(H,73,91)(H,74,92)(H,75,96)(H,85,86)(H,87,88)(H,89,90)(H,97,98)/t39-,40-,46+,48+,49-,50+,51-,52+,53+,59+/m1/s1. The van der Waals surface area contributed by atoms with Gasteiger partial charge in [0, 0.05) is 107 Å². The van der Waals surface area contributed by atoms with Gasteiger partial charge in [-0.25, -0.2) is 4.79 Å². The fourth-order valence-electron chi connectivity index (χ4n) is 11.4. The van der Waals surface area contributed by atoms with E-state index in [9.17, 15) is 78.9 Å². The SMILES string of the molecule is C[C@@H](O)[C@@H]1CC(=O)[C@H](CCCCN)NC(=O)[C@@H](Cc2c[nH]c3ccccc23)NC(=O)[C@H](Cc2ccc(O)cc2)NC(=O)[C@@H](NC(=O)[C@@H](Cc2ccccc2)NC(=O)CN2CCN(CC(=O)O)CCN(CC(=O)O)CCN(CC(=O)O)CC2)CSSC[C@@H](C(=O)N[C@H](C(=O)O)[C@@H](C)O)NC1=O. The number of carbonyl (C=O) groups excluding carboxylic acids is 8. The minimum absolute atomic E-state index is 0.0252. The number of fused-ring (bicyclic) bond motifs is 1. The molecule has 2 aliphatic rings. The molecule has 0 saturated carbocycles. The van der Waals surface area contributed by atoms with E-state index in [1.807, 2.05) is 0 Å². The van der Waals surface area contributed by atoms with Crippen molar-refractivity contribution in [3.8, 4) is 5.75 Å². The van der Waals surface area contributed by atoms with Gasteiger partial charge in [-0.05, 0) is 74.5 Å². The number of benzene rings is 3. The summed E-state index contributed by atoms with van der Waals surface area (Å²) in [6.45, 7) is 1.51. The molecule has 7 amide bonds. The van der Waals surface area contributed by atoms with Gasteiger partial charge in [0.2, 0.25) is 41.4 Å². The molecule has 10 atom stereocenters. The van der Waals surface area contributed by atoms with Crippen LogP contribution >= 0.6 is 21.6 Å². The first-order valence-electron chi connectivity index (χ1n) is 32.8. The molecule has 0 spiro atoms. The molecular formula is C66H91N13O19S2. The summed E-state index contributed by atoms with van der Waals surface area (Å²) in [6.07, 6.45) is -2.33. The number of Topliss-reactive ketones (excluding diaryl/α,β-unsaturated/α-hetero) is 1. The van der Waals surface area contributed by atoms with Gasteiger partial charge < -0.3 is 83.7 Å². The Morgan fingerprint density at radius 1 is 0.600 bits per heavy atom. The Hall–Kier alpha value is -8.74. The van der Waals surface area contributed by atoms with Crippen molar-refractivity contribution in [3.05, 3.63) is 102 Å². The fourth-order valence-corrected chi connectivity index (χ4v) is 13.7. The van der Waals surface area contributed by atoms with Crippen molar-refractivity contribution in [2.75, 3.05) is 96.6 Å². The van der Waals surface area contributed by atoms with Crippen LogP contribution in [0.25, 0.3) is 10.9 Å². The highest BCUT2D eigenvalue weighted by Crippen LogP contribution is 2.26. The summed E-state index contributed by atoms with van der Waals surface area (Å²) in [7, 11) is 1.69. The Labute approximate surface area is 585 Å². The Kier molecular flexibility index (Phi) is 32.5. The highest BCUT2D eigenvalue weighted by atomic mass is 33.1. The summed E-state index contributed by atoms with van der Waals surface area (Å²) in [5.41, 5.74) is 8.01. The number of unbranched alkanes of at least 4 members (excludes halogenated alkanes) is 1. The minimum Gasteiger partial charge on any atom is -0.508 e. The van der Waals surface area contributed by atoms with E-state index in [4.69, 9.17) is 5.73 Å². The number of para-hydroxylation sites is 1. The lowest BCUT2D eigenvalue weighted by Crippen LogP contribution is -2.60. The van der Waals surface area contributed by atoms with Gasteiger partial charge in [0.15, 0.2) is 11.8 Å². The van der Waals surface area contributed by atoms with Crippen molar-refractivity contribution in [2.45, 2.75) is 113 Å². The van der Waals surface area contributed by atoms with Gasteiger partial charge in [0.1, 0.15) is 36.0 Å². The van der Waals surface area contributed by atoms with E-state index in [-0.39, 0.29) is 103 Å². The van der Waals surface area contributed by atoms with Crippen LogP contribution in [-0.4, -0.2) is 282 Å². The molecule has 17 N–H and O–H groups in total. The predicted molar refractivity (Wildman–Crippen MR) is 368 cm³/mol. The number of hydrogen-bond acceptors (Lipinski definition) is 22. The summed E-state index contributed by atoms with van der Waals surface area (Å²) < 4.78 is 0. The Morgan fingerprint density at radius 3 is 1.68 bits per heavy atom. The molecule has 2 aliphatic heterocycles. The number of H-pyrrole nitrogens is 1. The number of nitrogens with zero attached hydrogens (tertiary/aromatic N) is 4. The van der Waals surface area contributed by atoms with Crippen LogP contribution in [0.1, 0.15) is 56.2 Å². The van der Waals surface area contributed by atoms with Crippen LogP contribution in [0.15, 0.2) is 85.1 Å². The topological polar surface area (TPSA) is 485 Å². The zero-order valence-corrected chi connectivity index (χ0v) is 57.3. The summed E-state index contributed by atoms with van der Waals surface area (Å²) in [4.78, 5) is 176. The minimum atomic E-state index is -1.89. The highest BCUT2D eigenvalue weighted by molar-refractivity contribution is 8.76. The number of aromatic nitrogens is 1. The lowest BCUT2D eigenvalue weighted by molar-refractivity contribution is -0.145. The van der Waals surface area contributed by atoms with E-state index in [0.717, 1.165) is 28.5 Å². The van der Waals surface area contributed by atoms with Crippen molar-refractivity contribution < 1.29 is 93.3 Å². The zero-order valence-electron chi connectivity index (χ0n) is 55.6. The number of aromatic amines is 1. The summed E-state index contributed by atoms with van der Waals surface area (Å²) in [5.74, 6) is -15.1. The first-order valence-corrected chi connectivity index (χ1v) is 35.2. The average Bonchev–Trinajstić information content (AvgIpc) is 1.54. The number of aliphatic hydroxyl groups excluding tert-OH is 2. The molecular weight excluding hydrogens is 1340 g/mol. The average molecular weight is 1430 g/mol. The van der Waals surface area contributed by atoms with E-state index < -0.39 is 169 Å². The van der Waals surface area contributed by atoms with Crippen molar-refractivity contribution in [2.24, 2.45) is 11.7 Å². The van der Waals surface area contributed by atoms with Crippen LogP contribution in [-0.2, 0) is 76.8 Å². The maximum Gasteiger partial charge on any atom is 0.328 e. The lowest BCUT2D eigenvalue weighted by Gasteiger charge is -2.33. The number of phenols is 1. The molecule has 1 aromatic heterocycles. The third kappa shape index (κ3) is 26.7. The van der Waals surface area contributed by atoms with Gasteiger partial charge >= 0.3 is 23.9 Å². The first kappa shape index (κ1) is 80.2. The molecule has 100 heavy (non-hydrogen) atoms. The van der Waals surface area contributed by atoms with Gasteiger partial charge in [-0.3, -0.25) is 72.3 Å². The second-order valence-electron chi connectivity index (χ2n) is 24.8. The lowest BCUT2D eigenvalue weighted by atomic mass is 9.91. The zero-order chi connectivity index (χ0) is 73.0. The Morgan fingerprint density at radius 2 is 1.13 bits per heavy atom. The molecule has 0 bridgehead atoms. The molecule has 3 aromatic carbocycles. The van der Waals surface area contributed by atoms with Gasteiger partial charge in [-0.15, -0.1) is 0 Å². The molecule has 34 heteroatoms. The van der Waals surface area contributed by atoms with Gasteiger partial charge in [0.25, 0.3) is 0 Å². The number of rotatable bonds is 26. The number of carbonyl (C=O) groups is 12. The third-order valence-electron chi connectivity index (χ3n) is 16.9. The number of carboxylic acids is 4. The van der Waals surface area contributed by atoms with E-state index in [0.29, 0.717) is 34.0 Å². The number of ketones is 1. The first-order chi connectivity index (χ1) is 47.7. The largest absolute Gasteiger partial charge is 0.508 e. The Balaban J connectivity index is 1.41. The Bertz CT molecular complexity index is 3410. The van der Waals surface area contributed by atoms with E-state index in [2.05, 4.69) is 42.2 Å². The molecule has 6 rings (SSSR count). The highest BCUT2D eigenvalue weighted by Gasteiger charge is 2.38. The van der Waals surface area contributed by atoms with Crippen LogP contribution in [0.2, 0.25) is 0 Å². The van der Waals surface area contributed by atoms with E-state index in [1.165, 1.54) is 31.2 Å². The number of amides is 7. The number of aliphatic carboxylic acids is 4. The van der Waals surface area contributed by atoms with Crippen molar-refractivity contribution >= 4 is 104 Å². The quantitative estimate of drug-likeness (QED) is 0.0233. The van der Waals surface area contributed by atoms with Crippen LogP contribution in [0.3, 0.4) is 0 Å². The number of aromatic hydroxyl groups is 1. The third-order valence-corrected chi connectivity index (χ3v) is 19.3. The number of nitrogens with two attached hydrogens (primary N) is 1. The van der Waals surface area contributed by atoms with Gasteiger partial charge in [-0.2, -0.15) is 0 Å². The normalized spacial score (nSPS) is 21.9. The van der Waals surface area contributed by atoms with Crippen LogP contribution in [0, 0.1) is 5.92 Å². The molecule has 0 unspecified atom stereocenters.